The topological polar surface area (TPSA) is 33.4 Å². The molecule has 0 fully saturated rings. The summed E-state index contributed by atoms with van der Waals surface area (Å²) in [6.45, 7) is 0. The van der Waals surface area contributed by atoms with Crippen molar-refractivity contribution in [2.45, 2.75) is 0 Å². The third-order valence-electron chi connectivity index (χ3n) is 7.99. The van der Waals surface area contributed by atoms with Gasteiger partial charge in [-0.2, -0.15) is 0 Å². The van der Waals surface area contributed by atoms with Gasteiger partial charge in [0.2, 0.25) is 0 Å². The van der Waals surface area contributed by atoms with Crippen LogP contribution in [0.5, 0.6) is 5.75 Å². The van der Waals surface area contributed by atoms with Crippen molar-refractivity contribution in [3.63, 3.8) is 0 Å². The SMILES string of the molecule is [2H]c1c([2H])c([2H])c(-c2c([2H])c([2H])c(-c3c([2H])c([2H])c([2H])c([2H])c3-c3c4c([2H])c([2H])c([2H])c([2H])c4c(-c4c([2H])c([2H])c5oc6c([2H])c7c([2H])c([2H])c([2H])c([2H])c7c([2H])c6c5c4[2H])c4c([2H])c([2H])c([2H])c([2H])c34)c([2H])c2[2H])c(O)c1[2H]. The number of hydrogen-bond donors (Lipinski definition) is 1. The summed E-state index contributed by atoms with van der Waals surface area (Å²) in [5, 5.41) is 5.64. The lowest BCUT2D eigenvalue weighted by Gasteiger charge is -2.20. The molecule has 0 radical (unpaired) electrons. The molecule has 234 valence electrons. The summed E-state index contributed by atoms with van der Waals surface area (Å²) in [4.78, 5) is 0. The summed E-state index contributed by atoms with van der Waals surface area (Å²) in [7, 11) is 0. The van der Waals surface area contributed by atoms with Gasteiger partial charge >= 0.3 is 0 Å². The molecule has 1 N–H and O–H groups in total. The molecule has 9 aromatic carbocycles. The van der Waals surface area contributed by atoms with Gasteiger partial charge in [0.25, 0.3) is 0 Å². The number of hydrogen-bond acceptors (Lipinski definition) is 2. The Morgan fingerprint density at radius 2 is 0.840 bits per heavy atom. The maximum absolute atomic E-state index is 11.0. The predicted octanol–water partition coefficient (Wildman–Crippen LogP) is 13.4. The second-order valence-electron chi connectivity index (χ2n) is 10.7. The fourth-order valence-electron chi connectivity index (χ4n) is 5.85. The Hall–Kier alpha value is -6.64. The molecule has 1 aromatic heterocycles. The minimum absolute atomic E-state index is 0.472. The maximum atomic E-state index is 11.0. The number of phenols is 1. The Bertz CT molecular complexity index is 4460. The van der Waals surface area contributed by atoms with E-state index in [4.69, 9.17) is 27.7 Å². The normalized spacial score (nSPS) is 19.8. The summed E-state index contributed by atoms with van der Waals surface area (Å²) < 4.78 is 267. The van der Waals surface area contributed by atoms with Crippen LogP contribution < -0.4 is 0 Å². The lowest BCUT2D eigenvalue weighted by atomic mass is 9.83. The van der Waals surface area contributed by atoms with Crippen molar-refractivity contribution in [2.75, 3.05) is 0 Å². The highest BCUT2D eigenvalue weighted by atomic mass is 16.3. The summed E-state index contributed by atoms with van der Waals surface area (Å²) >= 11 is 0. The van der Waals surface area contributed by atoms with E-state index >= 15 is 0 Å². The van der Waals surface area contributed by atoms with Crippen LogP contribution in [0.2, 0.25) is 0 Å². The molecular formula is C48H30O2. The first-order valence-electron chi connectivity index (χ1n) is 29.1. The first-order valence-corrected chi connectivity index (χ1v) is 14.6. The Morgan fingerprint density at radius 3 is 1.52 bits per heavy atom. The van der Waals surface area contributed by atoms with Gasteiger partial charge in [-0.1, -0.05) is 145 Å². The van der Waals surface area contributed by atoms with Gasteiger partial charge in [-0.3, -0.25) is 0 Å². The van der Waals surface area contributed by atoms with Crippen molar-refractivity contribution in [3.8, 4) is 50.3 Å². The van der Waals surface area contributed by atoms with E-state index in [1.165, 1.54) is 0 Å². The maximum Gasteiger partial charge on any atom is 0.136 e. The summed E-state index contributed by atoms with van der Waals surface area (Å²) in [5.74, 6) is -1.18. The molecule has 0 aliphatic rings. The third-order valence-corrected chi connectivity index (χ3v) is 7.99. The quantitative estimate of drug-likeness (QED) is 0.190. The van der Waals surface area contributed by atoms with Gasteiger partial charge in [-0.15, -0.1) is 0 Å². The minimum atomic E-state index is -1.18. The number of furan rings is 1. The highest BCUT2D eigenvalue weighted by Crippen LogP contribution is 2.47. The van der Waals surface area contributed by atoms with E-state index in [9.17, 15) is 21.6 Å². The van der Waals surface area contributed by atoms with Crippen LogP contribution in [-0.4, -0.2) is 5.11 Å². The Morgan fingerprint density at radius 1 is 0.360 bits per heavy atom. The second kappa shape index (κ2) is 11.2. The highest BCUT2D eigenvalue weighted by Gasteiger charge is 2.20. The van der Waals surface area contributed by atoms with Crippen LogP contribution in [0.4, 0.5) is 0 Å². The van der Waals surface area contributed by atoms with E-state index in [0.29, 0.717) is 0 Å². The first-order chi connectivity index (χ1) is 36.8. The van der Waals surface area contributed by atoms with Crippen LogP contribution in [-0.2, 0) is 0 Å². The molecule has 10 aromatic rings. The molecule has 0 bridgehead atoms. The molecule has 0 aliphatic heterocycles. The lowest BCUT2D eigenvalue weighted by Crippen LogP contribution is -1.92. The van der Waals surface area contributed by atoms with Gasteiger partial charge in [-0.05, 0) is 101 Å². The molecule has 1 heterocycles. The van der Waals surface area contributed by atoms with E-state index < -0.39 is 280 Å². The van der Waals surface area contributed by atoms with Gasteiger partial charge in [0.1, 0.15) is 16.9 Å². The van der Waals surface area contributed by atoms with Crippen molar-refractivity contribution < 1.29 is 49.3 Å². The van der Waals surface area contributed by atoms with Gasteiger partial charge in [-0.25, -0.2) is 0 Å². The number of phenolic OH excluding ortho intramolecular Hbond substituents is 1. The first kappa shape index (κ1) is 11.8. The Balaban J connectivity index is 1.48. The average molecular weight is 668 g/mol. The van der Waals surface area contributed by atoms with Gasteiger partial charge in [0, 0.05) is 16.3 Å². The molecule has 0 spiro atoms. The summed E-state index contributed by atoms with van der Waals surface area (Å²) in [6, 6.07) is -28.9. The van der Waals surface area contributed by atoms with Crippen LogP contribution in [0.1, 0.15) is 39.8 Å². The largest absolute Gasteiger partial charge is 0.507 e. The average Bonchev–Trinajstić information content (AvgIpc) is 3.92. The molecule has 0 amide bonds. The van der Waals surface area contributed by atoms with Crippen LogP contribution in [0, 0.1) is 0 Å². The number of para-hydroxylation sites is 1. The van der Waals surface area contributed by atoms with E-state index in [2.05, 4.69) is 0 Å². The van der Waals surface area contributed by atoms with Crippen LogP contribution in [0.15, 0.2) is 180 Å². The van der Waals surface area contributed by atoms with Crippen molar-refractivity contribution in [3.05, 3.63) is 175 Å². The van der Waals surface area contributed by atoms with Crippen LogP contribution in [0.25, 0.3) is 98.8 Å². The fourth-order valence-corrected chi connectivity index (χ4v) is 5.85. The van der Waals surface area contributed by atoms with E-state index in [1.54, 1.807) is 0 Å². The summed E-state index contributed by atoms with van der Waals surface area (Å²) in [5.41, 5.74) is -8.38. The number of benzene rings is 9. The van der Waals surface area contributed by atoms with Crippen molar-refractivity contribution in [1.82, 2.24) is 0 Å². The second-order valence-corrected chi connectivity index (χ2v) is 10.7. The smallest absolute Gasteiger partial charge is 0.136 e. The standard InChI is InChI=1S/C48H30O2/c49-44-20-10-9-14-36(44)31-23-21-30(22-24-31)35-13-3-4-15-37(35)48-40-18-7-5-16-38(40)47(39-17-6-8-19-41(39)48)34-25-26-45-42(28-34)43-27-32-11-1-2-12-33(32)29-46(43)50-45/h1-29,49H/i1D,2D,3D,4D,5D,6D,7D,8D,9D,10D,11D,12D,13D,14D,15D,16D,17D,18D,19D,20D,21D,22D,23D,24D,25D,26D,27D,28D,29D. The molecule has 0 saturated heterocycles. The zero-order valence-electron chi connectivity index (χ0n) is 53.9. The lowest BCUT2D eigenvalue weighted by molar-refractivity contribution is 0.477. The molecule has 0 aliphatic carbocycles. The van der Waals surface area contributed by atoms with Gasteiger partial charge in [0.15, 0.2) is 0 Å². The molecule has 0 unspecified atom stereocenters. The zero-order chi connectivity index (χ0) is 58.4. The molecule has 2 heteroatoms. The molecule has 10 rings (SSSR count). The molecule has 0 saturated carbocycles. The highest BCUT2D eigenvalue weighted by molar-refractivity contribution is 6.23. The fraction of sp³-hybridized carbons (Fsp3) is 0. The third kappa shape index (κ3) is 4.43. The van der Waals surface area contributed by atoms with Crippen molar-refractivity contribution in [1.29, 1.82) is 0 Å². The molecule has 2 nitrogen and oxygen atoms in total. The number of aromatic hydroxyl groups is 1. The van der Waals surface area contributed by atoms with Crippen LogP contribution in [0.3, 0.4) is 0 Å². The minimum Gasteiger partial charge on any atom is -0.507 e. The number of fused-ring (bicyclic) bond motifs is 6. The van der Waals surface area contributed by atoms with Crippen LogP contribution >= 0.6 is 0 Å². The van der Waals surface area contributed by atoms with Gasteiger partial charge in [0.05, 0.1) is 39.8 Å². The Kier molecular flexibility index (Phi) is 2.64. The van der Waals surface area contributed by atoms with E-state index in [1.807, 2.05) is 0 Å². The zero-order valence-corrected chi connectivity index (χ0v) is 24.9. The predicted molar refractivity (Wildman–Crippen MR) is 210 cm³/mol. The monoisotopic (exact) mass is 667 g/mol. The van der Waals surface area contributed by atoms with Crippen molar-refractivity contribution in [2.24, 2.45) is 0 Å². The van der Waals surface area contributed by atoms with E-state index in [0.717, 1.165) is 0 Å². The summed E-state index contributed by atoms with van der Waals surface area (Å²) in [6.07, 6.45) is 0. The molecule has 0 atom stereocenters. The van der Waals surface area contributed by atoms with Crippen molar-refractivity contribution >= 4 is 54.3 Å². The number of rotatable bonds is 4. The van der Waals surface area contributed by atoms with Gasteiger partial charge < -0.3 is 9.52 Å². The molecule has 50 heavy (non-hydrogen) atoms. The van der Waals surface area contributed by atoms with E-state index in [-0.39, 0.29) is 0 Å². The Labute approximate surface area is 329 Å². The molecular weight excluding hydrogens is 609 g/mol.